The van der Waals surface area contributed by atoms with Crippen LogP contribution >= 0.6 is 0 Å². The summed E-state index contributed by atoms with van der Waals surface area (Å²) >= 11 is 0. The van der Waals surface area contributed by atoms with Gasteiger partial charge in [-0.3, -0.25) is 4.98 Å². The first-order valence-electron chi connectivity index (χ1n) is 9.30. The van der Waals surface area contributed by atoms with Gasteiger partial charge in [0.2, 0.25) is 0 Å². The zero-order chi connectivity index (χ0) is 19.3. The van der Waals surface area contributed by atoms with Crippen LogP contribution in [-0.4, -0.2) is 41.8 Å². The molecule has 7 heteroatoms. The Morgan fingerprint density at radius 3 is 2.61 bits per heavy atom. The number of aromatic nitrogens is 3. The molecule has 4 rings (SSSR count). The fraction of sp³-hybridized carbons (Fsp3) is 0.286. The minimum Gasteiger partial charge on any atom is -0.486 e. The average Bonchev–Trinajstić information content (AvgIpc) is 2.72. The smallest absolute Gasteiger partial charge is 0.163 e. The summed E-state index contributed by atoms with van der Waals surface area (Å²) in [4.78, 5) is 15.3. The molecule has 1 aliphatic heterocycles. The number of hydrogen-bond donors (Lipinski definition) is 1. The van der Waals surface area contributed by atoms with Crippen LogP contribution in [0, 0.1) is 6.92 Å². The lowest BCUT2D eigenvalue weighted by Crippen LogP contribution is -2.22. The fourth-order valence-corrected chi connectivity index (χ4v) is 3.04. The van der Waals surface area contributed by atoms with Crippen molar-refractivity contribution in [3.63, 3.8) is 0 Å². The third kappa shape index (κ3) is 4.31. The Hall–Kier alpha value is -3.35. The highest BCUT2D eigenvalue weighted by atomic mass is 16.6. The van der Waals surface area contributed by atoms with Crippen molar-refractivity contribution in [2.75, 3.05) is 37.0 Å². The van der Waals surface area contributed by atoms with Gasteiger partial charge < -0.3 is 19.7 Å². The maximum Gasteiger partial charge on any atom is 0.163 e. The molecule has 0 unspecified atom stereocenters. The Kier molecular flexibility index (Phi) is 5.23. The second-order valence-electron chi connectivity index (χ2n) is 6.67. The molecule has 1 aliphatic rings. The summed E-state index contributed by atoms with van der Waals surface area (Å²) in [5, 5.41) is 3.34. The molecule has 0 amide bonds. The predicted molar refractivity (Wildman–Crippen MR) is 109 cm³/mol. The molecule has 0 saturated carbocycles. The Labute approximate surface area is 164 Å². The van der Waals surface area contributed by atoms with Crippen molar-refractivity contribution in [2.45, 2.75) is 13.3 Å². The molecule has 0 spiro atoms. The van der Waals surface area contributed by atoms with Gasteiger partial charge in [0.25, 0.3) is 0 Å². The van der Waals surface area contributed by atoms with Gasteiger partial charge in [-0.15, -0.1) is 0 Å². The molecule has 0 bridgehead atoms. The Morgan fingerprint density at radius 1 is 1.00 bits per heavy atom. The van der Waals surface area contributed by atoms with Crippen LogP contribution in [-0.2, 0) is 6.42 Å². The van der Waals surface area contributed by atoms with Gasteiger partial charge in [0, 0.05) is 43.8 Å². The molecule has 0 radical (unpaired) electrons. The average molecular weight is 377 g/mol. The third-order valence-electron chi connectivity index (χ3n) is 4.52. The van der Waals surface area contributed by atoms with E-state index in [1.54, 1.807) is 0 Å². The van der Waals surface area contributed by atoms with Crippen LogP contribution in [0.4, 0.5) is 17.3 Å². The first-order chi connectivity index (χ1) is 13.7. The Balaban J connectivity index is 1.47. The number of benzene rings is 1. The first-order valence-corrected chi connectivity index (χ1v) is 9.30. The van der Waals surface area contributed by atoms with E-state index in [-0.39, 0.29) is 0 Å². The zero-order valence-electron chi connectivity index (χ0n) is 16.1. The standard InChI is InChI=1S/C21H23N5O2/c1-15-23-20(25-17-3-4-18-19(13-17)28-12-11-27-18)14-21(24-15)26(2)10-7-16-5-8-22-9-6-16/h3-6,8-9,13-14H,7,10-12H2,1-2H3,(H,23,24,25). The number of ether oxygens (including phenoxy) is 2. The first kappa shape index (κ1) is 18.0. The van der Waals surface area contributed by atoms with E-state index in [1.165, 1.54) is 5.56 Å². The van der Waals surface area contributed by atoms with Crippen LogP contribution in [0.1, 0.15) is 11.4 Å². The third-order valence-corrected chi connectivity index (χ3v) is 4.52. The topological polar surface area (TPSA) is 72.4 Å². The molecule has 2 aromatic heterocycles. The minimum atomic E-state index is 0.565. The second-order valence-corrected chi connectivity index (χ2v) is 6.67. The van der Waals surface area contributed by atoms with E-state index in [2.05, 4.69) is 25.2 Å². The van der Waals surface area contributed by atoms with Gasteiger partial charge in [-0.05, 0) is 43.2 Å². The summed E-state index contributed by atoms with van der Waals surface area (Å²) in [6.07, 6.45) is 4.56. The maximum atomic E-state index is 5.65. The molecule has 28 heavy (non-hydrogen) atoms. The Bertz CT molecular complexity index is 949. The van der Waals surface area contributed by atoms with Crippen LogP contribution in [0.5, 0.6) is 11.5 Å². The van der Waals surface area contributed by atoms with Crippen LogP contribution < -0.4 is 19.7 Å². The van der Waals surface area contributed by atoms with Crippen molar-refractivity contribution in [1.29, 1.82) is 0 Å². The van der Waals surface area contributed by atoms with Gasteiger partial charge in [0.15, 0.2) is 11.5 Å². The van der Waals surface area contributed by atoms with Crippen molar-refractivity contribution in [3.8, 4) is 11.5 Å². The molecule has 0 saturated heterocycles. The van der Waals surface area contributed by atoms with Gasteiger partial charge in [-0.25, -0.2) is 9.97 Å². The normalized spacial score (nSPS) is 12.5. The van der Waals surface area contributed by atoms with E-state index in [1.807, 2.05) is 62.8 Å². The number of rotatable bonds is 6. The van der Waals surface area contributed by atoms with Crippen molar-refractivity contribution in [1.82, 2.24) is 15.0 Å². The van der Waals surface area contributed by atoms with Gasteiger partial charge in [0.1, 0.15) is 30.7 Å². The van der Waals surface area contributed by atoms with Crippen molar-refractivity contribution >= 4 is 17.3 Å². The largest absolute Gasteiger partial charge is 0.486 e. The zero-order valence-corrected chi connectivity index (χ0v) is 16.1. The molecular formula is C21H23N5O2. The predicted octanol–water partition coefficient (Wildman–Crippen LogP) is 3.37. The van der Waals surface area contributed by atoms with Crippen molar-refractivity contribution < 1.29 is 9.47 Å². The fourth-order valence-electron chi connectivity index (χ4n) is 3.04. The quantitative estimate of drug-likeness (QED) is 0.706. The van der Waals surface area contributed by atoms with E-state index in [9.17, 15) is 0 Å². The lowest BCUT2D eigenvalue weighted by Gasteiger charge is -2.20. The van der Waals surface area contributed by atoms with E-state index >= 15 is 0 Å². The Morgan fingerprint density at radius 2 is 1.79 bits per heavy atom. The number of likely N-dealkylation sites (N-methyl/N-ethyl adjacent to an activating group) is 1. The van der Waals surface area contributed by atoms with Gasteiger partial charge in [0.05, 0.1) is 0 Å². The summed E-state index contributed by atoms with van der Waals surface area (Å²) in [5.74, 6) is 3.86. The van der Waals surface area contributed by atoms with Gasteiger partial charge >= 0.3 is 0 Å². The summed E-state index contributed by atoms with van der Waals surface area (Å²) in [5.41, 5.74) is 2.15. The van der Waals surface area contributed by atoms with E-state index in [0.29, 0.717) is 19.0 Å². The van der Waals surface area contributed by atoms with Crippen molar-refractivity contribution in [3.05, 3.63) is 60.2 Å². The second kappa shape index (κ2) is 8.12. The maximum absolute atomic E-state index is 5.65. The summed E-state index contributed by atoms with van der Waals surface area (Å²) < 4.78 is 11.2. The molecule has 1 aromatic carbocycles. The van der Waals surface area contributed by atoms with Crippen molar-refractivity contribution in [2.24, 2.45) is 0 Å². The number of pyridine rings is 1. The monoisotopic (exact) mass is 377 g/mol. The lowest BCUT2D eigenvalue weighted by atomic mass is 10.2. The molecule has 0 fully saturated rings. The molecular weight excluding hydrogens is 354 g/mol. The number of nitrogens with zero attached hydrogens (tertiary/aromatic N) is 4. The number of nitrogens with one attached hydrogen (secondary N) is 1. The number of hydrogen-bond acceptors (Lipinski definition) is 7. The van der Waals surface area contributed by atoms with Gasteiger partial charge in [-0.2, -0.15) is 0 Å². The molecule has 1 N–H and O–H groups in total. The molecule has 3 heterocycles. The van der Waals surface area contributed by atoms with E-state index in [4.69, 9.17) is 9.47 Å². The molecule has 3 aromatic rings. The number of fused-ring (bicyclic) bond motifs is 1. The lowest BCUT2D eigenvalue weighted by molar-refractivity contribution is 0.171. The SMILES string of the molecule is Cc1nc(Nc2ccc3c(c2)OCCO3)cc(N(C)CCc2ccncc2)n1. The van der Waals surface area contributed by atoms with Crippen LogP contribution in [0.25, 0.3) is 0 Å². The van der Waals surface area contributed by atoms with Gasteiger partial charge in [-0.1, -0.05) is 0 Å². The highest BCUT2D eigenvalue weighted by Crippen LogP contribution is 2.33. The van der Waals surface area contributed by atoms with E-state index in [0.717, 1.165) is 41.8 Å². The number of anilines is 3. The van der Waals surface area contributed by atoms with Crippen LogP contribution in [0.15, 0.2) is 48.8 Å². The number of aryl methyl sites for hydroxylation is 1. The minimum absolute atomic E-state index is 0.565. The highest BCUT2D eigenvalue weighted by Gasteiger charge is 2.13. The van der Waals surface area contributed by atoms with Crippen LogP contribution in [0.2, 0.25) is 0 Å². The molecule has 144 valence electrons. The summed E-state index contributed by atoms with van der Waals surface area (Å²) in [6.45, 7) is 3.90. The highest BCUT2D eigenvalue weighted by molar-refractivity contribution is 5.63. The molecule has 0 atom stereocenters. The van der Waals surface area contributed by atoms with E-state index < -0.39 is 0 Å². The molecule has 7 nitrogen and oxygen atoms in total. The summed E-state index contributed by atoms with van der Waals surface area (Å²) in [7, 11) is 2.04. The summed E-state index contributed by atoms with van der Waals surface area (Å²) in [6, 6.07) is 11.8. The van der Waals surface area contributed by atoms with Crippen LogP contribution in [0.3, 0.4) is 0 Å². The molecule has 0 aliphatic carbocycles.